The molecule has 7 rings (SSSR count). The van der Waals surface area contributed by atoms with Gasteiger partial charge < -0.3 is 9.57 Å². The lowest BCUT2D eigenvalue weighted by atomic mass is 10.0. The number of fused-ring (bicyclic) bond motifs is 1. The Labute approximate surface area is 287 Å². The Hall–Kier alpha value is -5.98. The molecule has 266 valence electrons. The van der Waals surface area contributed by atoms with E-state index in [9.17, 15) is 36.0 Å². The van der Waals surface area contributed by atoms with Gasteiger partial charge in [-0.3, -0.25) is 14.6 Å². The van der Waals surface area contributed by atoms with Gasteiger partial charge in [-0.15, -0.1) is 0 Å². The monoisotopic (exact) mass is 727 g/mol. The van der Waals surface area contributed by atoms with Crippen molar-refractivity contribution in [2.45, 2.75) is 31.1 Å². The minimum Gasteiger partial charge on any atom is -0.448 e. The molecule has 2 aliphatic rings. The molecule has 1 atom stereocenters. The van der Waals surface area contributed by atoms with E-state index in [0.717, 1.165) is 38.4 Å². The van der Waals surface area contributed by atoms with Crippen LogP contribution in [-0.4, -0.2) is 76.9 Å². The molecule has 1 saturated heterocycles. The number of nitrogens with zero attached hydrogens (tertiary/aromatic N) is 6. The van der Waals surface area contributed by atoms with E-state index in [0.29, 0.717) is 18.7 Å². The highest BCUT2D eigenvalue weighted by Gasteiger charge is 2.42. The lowest BCUT2D eigenvalue weighted by Gasteiger charge is -2.35. The van der Waals surface area contributed by atoms with Crippen molar-refractivity contribution in [3.63, 3.8) is 0 Å². The van der Waals surface area contributed by atoms with Gasteiger partial charge in [-0.2, -0.15) is 22.9 Å². The maximum absolute atomic E-state index is 13.5. The molecule has 2 aromatic heterocycles. The number of hydrogen-bond donors (Lipinski definition) is 1. The number of ether oxygens (including phenoxy) is 1. The normalized spacial score (nSPS) is 15.5. The summed E-state index contributed by atoms with van der Waals surface area (Å²) in [7, 11) is -4.39. The van der Waals surface area contributed by atoms with Gasteiger partial charge in [-0.05, 0) is 56.3 Å². The van der Waals surface area contributed by atoms with Gasteiger partial charge in [-0.1, -0.05) is 42.0 Å². The lowest BCUT2D eigenvalue weighted by Crippen LogP contribution is -2.54. The zero-order valence-electron chi connectivity index (χ0n) is 26.8. The highest BCUT2D eigenvalue weighted by molar-refractivity contribution is 7.90. The topological polar surface area (TPSA) is 163 Å². The number of sulfonamides is 1. The first kappa shape index (κ1) is 33.5. The van der Waals surface area contributed by atoms with Gasteiger partial charge >= 0.3 is 12.3 Å². The van der Waals surface area contributed by atoms with Crippen molar-refractivity contribution in [2.24, 2.45) is 5.92 Å². The minimum atomic E-state index is -4.71. The number of aromatic nitrogens is 4. The third-order valence-electron chi connectivity index (χ3n) is 8.28. The number of alkyl halides is 3. The summed E-state index contributed by atoms with van der Waals surface area (Å²) in [4.78, 5) is 45.1. The zero-order valence-corrected chi connectivity index (χ0v) is 27.6. The van der Waals surface area contributed by atoms with Crippen molar-refractivity contribution in [2.75, 3.05) is 24.7 Å². The van der Waals surface area contributed by atoms with Crippen molar-refractivity contribution in [3.8, 4) is 16.9 Å². The molecule has 1 fully saturated rings. The first-order valence-electron chi connectivity index (χ1n) is 15.4. The fourth-order valence-electron chi connectivity index (χ4n) is 5.57. The number of hydrogen-bond acceptors (Lipinski definition) is 10. The molecule has 0 bridgehead atoms. The average molecular weight is 728 g/mol. The molecule has 1 unspecified atom stereocenters. The van der Waals surface area contributed by atoms with Gasteiger partial charge in [0.05, 0.1) is 34.0 Å². The Morgan fingerprint density at radius 3 is 2.24 bits per heavy atom. The van der Waals surface area contributed by atoms with Crippen molar-refractivity contribution in [1.82, 2.24) is 29.4 Å². The van der Waals surface area contributed by atoms with Gasteiger partial charge in [0.25, 0.3) is 21.8 Å². The van der Waals surface area contributed by atoms with Crippen LogP contribution in [0.1, 0.15) is 38.9 Å². The molecule has 0 aliphatic carbocycles. The number of nitrogens with one attached hydrogen (secondary N) is 1. The van der Waals surface area contributed by atoms with E-state index >= 15 is 0 Å². The fourth-order valence-corrected chi connectivity index (χ4v) is 6.46. The quantitative estimate of drug-likeness (QED) is 0.209. The number of imide groups is 1. The fraction of sp³-hybridized carbons (Fsp3) is 0.250. The number of aryl methyl sites for hydroxylation is 1. The maximum Gasteiger partial charge on any atom is 0.435 e. The van der Waals surface area contributed by atoms with Crippen LogP contribution in [0.2, 0.25) is 0 Å². The standard InChI is InChI=1S/C32H28F3N7O8S/c1-19-7-9-22(10-8-19)27-15-28(32(33,34)35)36-40(27)23-11-13-24(14-12-23)51(46,47)37-31(45)48-18-21-16-38(17-21)41-42(50-41)49-20(2)39-29(43)25-5-3-4-6-26(25)30(39)44/h3-15,20-21H,16-18H2,1-2H3,(H,37,45). The summed E-state index contributed by atoms with van der Waals surface area (Å²) in [5.41, 5.74) is 1.15. The average Bonchev–Trinajstić information content (AvgIpc) is 3.54. The summed E-state index contributed by atoms with van der Waals surface area (Å²) in [5, 5.41) is 6.37. The molecule has 5 aromatic rings. The molecule has 0 saturated carbocycles. The van der Waals surface area contributed by atoms with Crippen LogP contribution >= 0.6 is 0 Å². The SMILES string of the molecule is Cc1ccc(-c2cc(C(F)(F)F)nn2-c2ccc(S(=O)(=O)NC(=O)OCC3CN(n4on4OC(C)N4C(=O)c5ccccc5C4=O)C3)cc2)cc1. The number of benzene rings is 3. The number of carbonyl (C=O) groups is 3. The maximum atomic E-state index is 13.5. The molecule has 0 radical (unpaired) electrons. The predicted molar refractivity (Wildman–Crippen MR) is 170 cm³/mol. The molecule has 3 aromatic carbocycles. The van der Waals surface area contributed by atoms with E-state index in [2.05, 4.69) is 5.10 Å². The van der Waals surface area contributed by atoms with Crippen molar-refractivity contribution in [1.29, 1.82) is 0 Å². The summed E-state index contributed by atoms with van der Waals surface area (Å²) in [6.45, 7) is 3.92. The van der Waals surface area contributed by atoms with Crippen LogP contribution in [0, 0.1) is 12.8 Å². The second-order valence-corrected chi connectivity index (χ2v) is 13.6. The second-order valence-electron chi connectivity index (χ2n) is 11.9. The van der Waals surface area contributed by atoms with Crippen molar-refractivity contribution in [3.05, 3.63) is 101 Å². The number of carbonyl (C=O) groups excluding carboxylic acids is 3. The molecular formula is C32H28F3N7O8S. The Balaban J connectivity index is 0.904. The van der Waals surface area contributed by atoms with E-state index in [1.165, 1.54) is 24.0 Å². The Morgan fingerprint density at radius 1 is 1.00 bits per heavy atom. The van der Waals surface area contributed by atoms with Crippen LogP contribution in [-0.2, 0) is 20.9 Å². The third-order valence-corrected chi connectivity index (χ3v) is 9.60. The van der Waals surface area contributed by atoms with Crippen molar-refractivity contribution >= 4 is 27.9 Å². The van der Waals surface area contributed by atoms with E-state index in [4.69, 9.17) is 14.2 Å². The Morgan fingerprint density at radius 2 is 1.63 bits per heavy atom. The van der Waals surface area contributed by atoms with E-state index < -0.39 is 46.0 Å². The highest BCUT2D eigenvalue weighted by Crippen LogP contribution is 2.33. The lowest BCUT2D eigenvalue weighted by molar-refractivity contribution is -0.141. The molecular weight excluding hydrogens is 699 g/mol. The predicted octanol–water partition coefficient (Wildman–Crippen LogP) is 3.82. The van der Waals surface area contributed by atoms with Crippen LogP contribution in [0.5, 0.6) is 0 Å². The first-order valence-corrected chi connectivity index (χ1v) is 16.9. The molecule has 3 amide bonds. The van der Waals surface area contributed by atoms with E-state index in [1.54, 1.807) is 53.5 Å². The molecule has 1 N–H and O–H groups in total. The number of amides is 3. The summed E-state index contributed by atoms with van der Waals surface area (Å²) >= 11 is 0. The Kier molecular flexibility index (Phi) is 8.16. The van der Waals surface area contributed by atoms with Gasteiger partial charge in [0, 0.05) is 29.5 Å². The van der Waals surface area contributed by atoms with Crippen LogP contribution in [0.3, 0.4) is 0 Å². The van der Waals surface area contributed by atoms with Crippen LogP contribution in [0.25, 0.3) is 16.9 Å². The van der Waals surface area contributed by atoms with Gasteiger partial charge in [0.15, 0.2) is 5.69 Å². The zero-order chi connectivity index (χ0) is 36.2. The van der Waals surface area contributed by atoms with E-state index in [1.807, 2.05) is 11.6 Å². The minimum absolute atomic E-state index is 0.125. The van der Waals surface area contributed by atoms with Crippen LogP contribution in [0.15, 0.2) is 88.4 Å². The van der Waals surface area contributed by atoms with Gasteiger partial charge in [0.2, 0.25) is 6.23 Å². The summed E-state index contributed by atoms with van der Waals surface area (Å²) in [5.74, 6) is -1.16. The molecule has 0 spiro atoms. The van der Waals surface area contributed by atoms with E-state index in [-0.39, 0.29) is 39.9 Å². The van der Waals surface area contributed by atoms with Gasteiger partial charge in [0.1, 0.15) is 5.02 Å². The second kappa shape index (κ2) is 12.4. The number of rotatable bonds is 10. The summed E-state index contributed by atoms with van der Waals surface area (Å²) in [6, 6.07) is 19.0. The molecule has 51 heavy (non-hydrogen) atoms. The number of halogens is 3. The highest BCUT2D eigenvalue weighted by atomic mass is 32.2. The van der Waals surface area contributed by atoms with Crippen LogP contribution < -0.4 is 14.6 Å². The molecule has 19 heteroatoms. The van der Waals surface area contributed by atoms with Crippen molar-refractivity contribution < 1.29 is 50.2 Å². The third kappa shape index (κ3) is 6.54. The largest absolute Gasteiger partial charge is 0.448 e. The van der Waals surface area contributed by atoms with Crippen LogP contribution in [0.4, 0.5) is 18.0 Å². The smallest absolute Gasteiger partial charge is 0.435 e. The summed E-state index contributed by atoms with van der Waals surface area (Å²) in [6.07, 6.45) is -6.91. The van der Waals surface area contributed by atoms with Gasteiger partial charge in [-0.25, -0.2) is 27.5 Å². The summed E-state index contributed by atoms with van der Waals surface area (Å²) < 4.78 is 79.6. The molecule has 15 nitrogen and oxygen atoms in total. The Bertz CT molecular complexity index is 2200. The molecule has 4 heterocycles. The first-order chi connectivity index (χ1) is 24.2. The molecule has 2 aliphatic heterocycles.